The highest BCUT2D eigenvalue weighted by Crippen LogP contribution is 2.19. The van der Waals surface area contributed by atoms with Gasteiger partial charge in [0, 0.05) is 6.42 Å². The van der Waals surface area contributed by atoms with E-state index in [4.69, 9.17) is 29.4 Å². The maximum absolute atomic E-state index is 11.6. The second-order valence-electron chi connectivity index (χ2n) is 6.96. The van der Waals surface area contributed by atoms with E-state index in [0.29, 0.717) is 70.7 Å². The molecule has 0 radical (unpaired) electrons. The molecule has 7 heteroatoms. The smallest absolute Gasteiger partial charge is 0.305 e. The highest BCUT2D eigenvalue weighted by Gasteiger charge is 2.02. The fourth-order valence-electron chi connectivity index (χ4n) is 2.70. The first-order valence-electron chi connectivity index (χ1n) is 11.1. The number of unbranched alkanes of at least 4 members (excludes halogenated alkanes) is 5. The number of ether oxygens (including phenoxy) is 5. The Kier molecular flexibility index (Phi) is 16.7. The van der Waals surface area contributed by atoms with Gasteiger partial charge in [0.15, 0.2) is 0 Å². The molecule has 0 atom stereocenters. The topological polar surface area (TPSA) is 89.2 Å². The maximum atomic E-state index is 11.6. The number of anilines is 1. The molecule has 0 unspecified atom stereocenters. The molecule has 30 heavy (non-hydrogen) atoms. The summed E-state index contributed by atoms with van der Waals surface area (Å²) in [7, 11) is 0. The summed E-state index contributed by atoms with van der Waals surface area (Å²) >= 11 is 0. The molecule has 172 valence electrons. The highest BCUT2D eigenvalue weighted by atomic mass is 16.6. The van der Waals surface area contributed by atoms with Crippen molar-refractivity contribution < 1.29 is 28.5 Å². The number of hydrogen-bond donors (Lipinski definition) is 1. The van der Waals surface area contributed by atoms with Crippen molar-refractivity contribution in [2.24, 2.45) is 0 Å². The Bertz CT molecular complexity index is 540. The summed E-state index contributed by atoms with van der Waals surface area (Å²) in [5, 5.41) is 0. The van der Waals surface area contributed by atoms with E-state index in [1.165, 1.54) is 25.7 Å². The summed E-state index contributed by atoms with van der Waals surface area (Å²) in [6, 6.07) is 7.37. The van der Waals surface area contributed by atoms with Crippen molar-refractivity contribution in [1.82, 2.24) is 0 Å². The van der Waals surface area contributed by atoms with E-state index in [-0.39, 0.29) is 5.97 Å². The summed E-state index contributed by atoms with van der Waals surface area (Å²) in [6.45, 7) is 5.71. The standard InChI is InChI=1S/C23H39NO6/c1-2-3-4-5-6-7-12-23(25)30-20-18-28-16-14-26-13-15-27-17-19-29-22-11-9-8-10-21(22)24/h8-11H,2-7,12-20,24H2,1H3. The average molecular weight is 426 g/mol. The third-order valence-corrected chi connectivity index (χ3v) is 4.37. The zero-order chi connectivity index (χ0) is 21.7. The van der Waals surface area contributed by atoms with Gasteiger partial charge in [-0.1, -0.05) is 51.2 Å². The molecule has 0 bridgehead atoms. The summed E-state index contributed by atoms with van der Waals surface area (Å²) in [6.07, 6.45) is 7.48. The van der Waals surface area contributed by atoms with E-state index >= 15 is 0 Å². The number of carbonyl (C=O) groups excluding carboxylic acids is 1. The molecule has 0 fully saturated rings. The number of nitrogen functional groups attached to an aromatic ring is 1. The van der Waals surface area contributed by atoms with E-state index < -0.39 is 0 Å². The van der Waals surface area contributed by atoms with Crippen molar-refractivity contribution in [2.45, 2.75) is 51.9 Å². The third-order valence-electron chi connectivity index (χ3n) is 4.37. The largest absolute Gasteiger partial charge is 0.489 e. The molecule has 1 aromatic carbocycles. The number of rotatable bonds is 20. The molecule has 2 N–H and O–H groups in total. The van der Waals surface area contributed by atoms with Crippen LogP contribution in [0, 0.1) is 0 Å². The van der Waals surface area contributed by atoms with Crippen LogP contribution in [0.25, 0.3) is 0 Å². The molecule has 1 aromatic rings. The number of carbonyl (C=O) groups is 1. The van der Waals surface area contributed by atoms with Crippen molar-refractivity contribution in [2.75, 3.05) is 58.6 Å². The van der Waals surface area contributed by atoms with Gasteiger partial charge >= 0.3 is 5.97 Å². The van der Waals surface area contributed by atoms with Crippen molar-refractivity contribution >= 4 is 11.7 Å². The molecular formula is C23H39NO6. The van der Waals surface area contributed by atoms with Gasteiger partial charge in [0.2, 0.25) is 0 Å². The maximum Gasteiger partial charge on any atom is 0.305 e. The molecule has 0 aliphatic heterocycles. The SMILES string of the molecule is CCCCCCCCC(=O)OCCOCCOCCOCCOc1ccccc1N. The highest BCUT2D eigenvalue weighted by molar-refractivity contribution is 5.69. The number of hydrogen-bond acceptors (Lipinski definition) is 7. The van der Waals surface area contributed by atoms with Crippen LogP contribution < -0.4 is 10.5 Å². The minimum Gasteiger partial charge on any atom is -0.489 e. The Labute approximate surface area is 181 Å². The van der Waals surface area contributed by atoms with Gasteiger partial charge in [-0.05, 0) is 18.6 Å². The molecule has 1 rings (SSSR count). The lowest BCUT2D eigenvalue weighted by Gasteiger charge is -2.09. The van der Waals surface area contributed by atoms with Crippen molar-refractivity contribution in [3.63, 3.8) is 0 Å². The van der Waals surface area contributed by atoms with E-state index in [0.717, 1.165) is 12.8 Å². The summed E-state index contributed by atoms with van der Waals surface area (Å²) in [5.41, 5.74) is 6.41. The molecule has 7 nitrogen and oxygen atoms in total. The minimum absolute atomic E-state index is 0.138. The number of nitrogens with two attached hydrogens (primary N) is 1. The monoisotopic (exact) mass is 425 g/mol. The normalized spacial score (nSPS) is 10.8. The Morgan fingerprint density at radius 3 is 2.00 bits per heavy atom. The minimum atomic E-state index is -0.138. The lowest BCUT2D eigenvalue weighted by molar-refractivity contribution is -0.145. The van der Waals surface area contributed by atoms with Crippen molar-refractivity contribution in [3.8, 4) is 5.75 Å². The van der Waals surface area contributed by atoms with Crippen LogP contribution in [0.4, 0.5) is 5.69 Å². The Morgan fingerprint density at radius 1 is 0.767 bits per heavy atom. The van der Waals surface area contributed by atoms with Gasteiger partial charge in [-0.15, -0.1) is 0 Å². The van der Waals surface area contributed by atoms with Crippen LogP contribution in [-0.2, 0) is 23.7 Å². The van der Waals surface area contributed by atoms with Gasteiger partial charge in [0.25, 0.3) is 0 Å². The lowest BCUT2D eigenvalue weighted by Crippen LogP contribution is -2.15. The Morgan fingerprint density at radius 2 is 1.33 bits per heavy atom. The molecule has 0 aliphatic carbocycles. The first-order valence-corrected chi connectivity index (χ1v) is 11.1. The molecular weight excluding hydrogens is 386 g/mol. The Hall–Kier alpha value is -1.83. The van der Waals surface area contributed by atoms with E-state index in [1.54, 1.807) is 6.07 Å². The molecule has 0 spiro atoms. The van der Waals surface area contributed by atoms with Crippen LogP contribution in [0.2, 0.25) is 0 Å². The molecule has 0 aliphatic rings. The van der Waals surface area contributed by atoms with E-state index in [9.17, 15) is 4.79 Å². The number of esters is 1. The van der Waals surface area contributed by atoms with Crippen LogP contribution in [0.5, 0.6) is 5.75 Å². The van der Waals surface area contributed by atoms with Gasteiger partial charge in [-0.3, -0.25) is 4.79 Å². The second-order valence-corrected chi connectivity index (χ2v) is 6.96. The number of benzene rings is 1. The van der Waals surface area contributed by atoms with Gasteiger partial charge in [0.1, 0.15) is 19.0 Å². The van der Waals surface area contributed by atoms with E-state index in [2.05, 4.69) is 6.92 Å². The zero-order valence-electron chi connectivity index (χ0n) is 18.4. The number of para-hydroxylation sites is 2. The summed E-state index contributed by atoms with van der Waals surface area (Å²) in [4.78, 5) is 11.6. The molecule has 0 saturated carbocycles. The van der Waals surface area contributed by atoms with E-state index in [1.807, 2.05) is 18.2 Å². The van der Waals surface area contributed by atoms with Crippen molar-refractivity contribution in [3.05, 3.63) is 24.3 Å². The van der Waals surface area contributed by atoms with Crippen LogP contribution >= 0.6 is 0 Å². The molecule has 0 heterocycles. The quantitative estimate of drug-likeness (QED) is 0.192. The van der Waals surface area contributed by atoms with Crippen LogP contribution in [0.3, 0.4) is 0 Å². The molecule has 0 aromatic heterocycles. The summed E-state index contributed by atoms with van der Waals surface area (Å²) < 4.78 is 26.9. The average Bonchev–Trinajstić information content (AvgIpc) is 2.75. The van der Waals surface area contributed by atoms with Gasteiger partial charge in [-0.25, -0.2) is 0 Å². The fraction of sp³-hybridized carbons (Fsp3) is 0.696. The lowest BCUT2D eigenvalue weighted by atomic mass is 10.1. The summed E-state index contributed by atoms with van der Waals surface area (Å²) in [5.74, 6) is 0.531. The van der Waals surface area contributed by atoms with Gasteiger partial charge in [0.05, 0.1) is 45.3 Å². The molecule has 0 amide bonds. The van der Waals surface area contributed by atoms with Crippen molar-refractivity contribution in [1.29, 1.82) is 0 Å². The first kappa shape index (κ1) is 26.2. The molecule has 0 saturated heterocycles. The zero-order valence-corrected chi connectivity index (χ0v) is 18.4. The van der Waals surface area contributed by atoms with Crippen LogP contribution in [0.15, 0.2) is 24.3 Å². The predicted octanol–water partition coefficient (Wildman–Crippen LogP) is 3.99. The first-order chi connectivity index (χ1) is 14.7. The van der Waals surface area contributed by atoms with Crippen LogP contribution in [0.1, 0.15) is 51.9 Å². The van der Waals surface area contributed by atoms with Gasteiger partial charge in [-0.2, -0.15) is 0 Å². The van der Waals surface area contributed by atoms with Crippen LogP contribution in [-0.4, -0.2) is 58.8 Å². The fourth-order valence-corrected chi connectivity index (χ4v) is 2.70. The predicted molar refractivity (Wildman–Crippen MR) is 118 cm³/mol. The Balaban J connectivity index is 1.77. The third kappa shape index (κ3) is 15.1. The second kappa shape index (κ2) is 19.2. The van der Waals surface area contributed by atoms with Gasteiger partial charge < -0.3 is 29.4 Å².